The molecule has 0 bridgehead atoms. The van der Waals surface area contributed by atoms with Crippen LogP contribution in [0.5, 0.6) is 0 Å². The second-order valence-corrected chi connectivity index (χ2v) is 2.87. The first-order valence-electron chi connectivity index (χ1n) is 3.55. The van der Waals surface area contributed by atoms with E-state index in [1.54, 1.807) is 0 Å². The Balaban J connectivity index is 4.79. The van der Waals surface area contributed by atoms with Crippen LogP contribution in [0.3, 0.4) is 0 Å². The maximum Gasteiger partial charge on any atom is 0.459 e. The number of ether oxygens (including phenoxy) is 1. The molecule has 0 aliphatic rings. The quantitative estimate of drug-likeness (QED) is 0.706. The van der Waals surface area contributed by atoms with Crippen LogP contribution in [0, 0.1) is 0 Å². The fourth-order valence-electron chi connectivity index (χ4n) is 0.515. The summed E-state index contributed by atoms with van der Waals surface area (Å²) in [5.74, 6) is -12.2. The molecule has 0 saturated heterocycles. The predicted octanol–water partition coefficient (Wildman–Crippen LogP) is 3.45. The highest BCUT2D eigenvalue weighted by atomic mass is 19.4. The lowest BCUT2D eigenvalue weighted by Crippen LogP contribution is -2.54. The summed E-state index contributed by atoms with van der Waals surface area (Å²) >= 11 is 0. The first kappa shape index (κ1) is 15.3. The van der Waals surface area contributed by atoms with Crippen LogP contribution in [0.15, 0.2) is 0 Å². The van der Waals surface area contributed by atoms with Gasteiger partial charge >= 0.3 is 24.1 Å². The van der Waals surface area contributed by atoms with E-state index in [0.29, 0.717) is 0 Å². The lowest BCUT2D eigenvalue weighted by molar-refractivity contribution is -0.374. The van der Waals surface area contributed by atoms with Crippen LogP contribution >= 0.6 is 0 Å². The first-order chi connectivity index (χ1) is 6.71. The molecule has 0 amide bonds. The Bertz CT molecular complexity index is 237. The van der Waals surface area contributed by atoms with Crippen LogP contribution in [0.25, 0.3) is 0 Å². The van der Waals surface area contributed by atoms with Gasteiger partial charge < -0.3 is 4.74 Å². The Labute approximate surface area is 83.2 Å². The summed E-state index contributed by atoms with van der Waals surface area (Å²) in [6.07, 6.45) is -10.8. The summed E-state index contributed by atoms with van der Waals surface area (Å²) in [7, 11) is 0. The lowest BCUT2D eigenvalue weighted by atomic mass is 10.2. The number of halogens is 9. The van der Waals surface area contributed by atoms with Crippen molar-refractivity contribution in [3.8, 4) is 0 Å². The van der Waals surface area contributed by atoms with E-state index in [0.717, 1.165) is 0 Å². The van der Waals surface area contributed by atoms with E-state index in [1.807, 2.05) is 0 Å². The molecule has 0 fully saturated rings. The van der Waals surface area contributed by atoms with Crippen LogP contribution in [-0.2, 0) is 4.74 Å². The summed E-state index contributed by atoms with van der Waals surface area (Å²) in [6, 6.07) is 0. The van der Waals surface area contributed by atoms with Gasteiger partial charge in [-0.2, -0.15) is 39.5 Å². The van der Waals surface area contributed by atoms with E-state index in [1.165, 1.54) is 0 Å². The monoisotopic (exact) mass is 264 g/mol. The molecule has 0 unspecified atom stereocenters. The molecule has 0 atom stereocenters. The predicted molar refractivity (Wildman–Crippen MR) is 32.5 cm³/mol. The molecular weight excluding hydrogens is 259 g/mol. The molecule has 0 heterocycles. The molecule has 0 radical (unpaired) electrons. The second kappa shape index (κ2) is 3.97. The average molecular weight is 264 g/mol. The fraction of sp³-hybridized carbons (Fsp3) is 1.00. The Morgan fingerprint density at radius 2 is 1.19 bits per heavy atom. The molecule has 0 aromatic carbocycles. The highest BCUT2D eigenvalue weighted by molar-refractivity contribution is 4.91. The Kier molecular flexibility index (Phi) is 3.80. The van der Waals surface area contributed by atoms with Gasteiger partial charge in [0.15, 0.2) is 0 Å². The van der Waals surface area contributed by atoms with Gasteiger partial charge in [-0.05, 0) is 0 Å². The van der Waals surface area contributed by atoms with E-state index < -0.39 is 30.7 Å². The zero-order valence-electron chi connectivity index (χ0n) is 7.52. The molecule has 0 saturated carbocycles. The van der Waals surface area contributed by atoms with Crippen molar-refractivity contribution < 1.29 is 44.3 Å². The third-order valence-electron chi connectivity index (χ3n) is 1.32. The minimum atomic E-state index is -6.55. The molecular formula is C6H5F9O. The molecule has 0 rings (SSSR count). The normalized spacial score (nSPS) is 15.4. The maximum atomic E-state index is 12.3. The molecule has 0 aliphatic carbocycles. The molecule has 10 heteroatoms. The van der Waals surface area contributed by atoms with Crippen molar-refractivity contribution in [1.29, 1.82) is 0 Å². The van der Waals surface area contributed by atoms with Crippen LogP contribution < -0.4 is 0 Å². The molecule has 0 aromatic heterocycles. The van der Waals surface area contributed by atoms with Gasteiger partial charge in [0.2, 0.25) is 0 Å². The molecule has 0 N–H and O–H groups in total. The largest absolute Gasteiger partial charge is 0.459 e. The van der Waals surface area contributed by atoms with Crippen molar-refractivity contribution in [2.24, 2.45) is 0 Å². The molecule has 16 heavy (non-hydrogen) atoms. The topological polar surface area (TPSA) is 9.23 Å². The Morgan fingerprint density at radius 1 is 0.812 bits per heavy atom. The summed E-state index contributed by atoms with van der Waals surface area (Å²) in [5, 5.41) is 0. The van der Waals surface area contributed by atoms with Gasteiger partial charge in [0.1, 0.15) is 6.61 Å². The Morgan fingerprint density at radius 3 is 1.44 bits per heavy atom. The SMILES string of the molecule is CC(F)(F)OCC(F)(F)C(F)(F)C(F)(F)F. The standard InChI is InChI=1S/C6H5F9O/c1-3(7,8)16-2-4(9,10)5(11,12)6(13,14)15/h2H2,1H3. The lowest BCUT2D eigenvalue weighted by Gasteiger charge is -2.28. The summed E-state index contributed by atoms with van der Waals surface area (Å²) < 4.78 is 110. The third kappa shape index (κ3) is 3.42. The maximum absolute atomic E-state index is 12.3. The second-order valence-electron chi connectivity index (χ2n) is 2.87. The molecule has 0 spiro atoms. The van der Waals surface area contributed by atoms with E-state index in [-0.39, 0.29) is 6.92 Å². The van der Waals surface area contributed by atoms with Gasteiger partial charge in [-0.15, -0.1) is 0 Å². The highest BCUT2D eigenvalue weighted by Crippen LogP contribution is 2.46. The fourth-order valence-corrected chi connectivity index (χ4v) is 0.515. The smallest absolute Gasteiger partial charge is 0.314 e. The minimum Gasteiger partial charge on any atom is -0.314 e. The summed E-state index contributed by atoms with van der Waals surface area (Å²) in [5.41, 5.74) is 0. The average Bonchev–Trinajstić information content (AvgIpc) is 1.97. The van der Waals surface area contributed by atoms with Crippen LogP contribution in [0.2, 0.25) is 0 Å². The zero-order chi connectivity index (χ0) is 13.4. The number of hydrogen-bond donors (Lipinski definition) is 0. The van der Waals surface area contributed by atoms with Crippen molar-refractivity contribution in [2.45, 2.75) is 31.1 Å². The minimum absolute atomic E-state index is 0.0746. The van der Waals surface area contributed by atoms with Gasteiger partial charge in [-0.1, -0.05) is 0 Å². The van der Waals surface area contributed by atoms with Crippen molar-refractivity contribution in [3.05, 3.63) is 0 Å². The van der Waals surface area contributed by atoms with E-state index >= 15 is 0 Å². The van der Waals surface area contributed by atoms with Crippen LogP contribution in [0.4, 0.5) is 39.5 Å². The summed E-state index contributed by atoms with van der Waals surface area (Å²) in [4.78, 5) is 0. The number of rotatable bonds is 4. The molecule has 0 aliphatic heterocycles. The Hall–Kier alpha value is -0.670. The number of hydrogen-bond acceptors (Lipinski definition) is 1. The third-order valence-corrected chi connectivity index (χ3v) is 1.32. The zero-order valence-corrected chi connectivity index (χ0v) is 7.52. The van der Waals surface area contributed by atoms with Crippen molar-refractivity contribution in [2.75, 3.05) is 6.61 Å². The van der Waals surface area contributed by atoms with Crippen molar-refractivity contribution in [1.82, 2.24) is 0 Å². The van der Waals surface area contributed by atoms with Gasteiger partial charge in [0.05, 0.1) is 0 Å². The van der Waals surface area contributed by atoms with Gasteiger partial charge in [0.25, 0.3) is 0 Å². The molecule has 98 valence electrons. The van der Waals surface area contributed by atoms with Crippen LogP contribution in [-0.4, -0.2) is 30.7 Å². The van der Waals surface area contributed by atoms with Gasteiger partial charge in [-0.3, -0.25) is 0 Å². The van der Waals surface area contributed by atoms with Gasteiger partial charge in [0, 0.05) is 6.92 Å². The highest BCUT2D eigenvalue weighted by Gasteiger charge is 2.73. The first-order valence-corrected chi connectivity index (χ1v) is 3.55. The van der Waals surface area contributed by atoms with Crippen LogP contribution in [0.1, 0.15) is 6.92 Å². The van der Waals surface area contributed by atoms with Gasteiger partial charge in [-0.25, -0.2) is 0 Å². The molecule has 0 aromatic rings. The number of alkyl halides is 9. The van der Waals surface area contributed by atoms with E-state index in [2.05, 4.69) is 4.74 Å². The van der Waals surface area contributed by atoms with E-state index in [9.17, 15) is 39.5 Å². The van der Waals surface area contributed by atoms with Crippen molar-refractivity contribution in [3.63, 3.8) is 0 Å². The van der Waals surface area contributed by atoms with E-state index in [4.69, 9.17) is 0 Å². The summed E-state index contributed by atoms with van der Waals surface area (Å²) in [6.45, 7) is -2.82. The molecule has 1 nitrogen and oxygen atoms in total. The van der Waals surface area contributed by atoms with Crippen molar-refractivity contribution >= 4 is 0 Å².